The van der Waals surface area contributed by atoms with E-state index in [1.54, 1.807) is 0 Å². The Bertz CT molecular complexity index is 598. The minimum Gasteiger partial charge on any atom is -0.392 e. The van der Waals surface area contributed by atoms with Gasteiger partial charge in [-0.25, -0.2) is 0 Å². The zero-order valence-electron chi connectivity index (χ0n) is 15.0. The van der Waals surface area contributed by atoms with Gasteiger partial charge in [-0.1, -0.05) is 65.8 Å². The molecular weight excluding hydrogens is 336 g/mol. The summed E-state index contributed by atoms with van der Waals surface area (Å²) >= 11 is 0. The lowest BCUT2D eigenvalue weighted by molar-refractivity contribution is 0.0374. The Morgan fingerprint density at radius 3 is 1.92 bits per heavy atom. The molecule has 4 nitrogen and oxygen atoms in total. The molecule has 0 aliphatic carbocycles. The lowest BCUT2D eigenvalue weighted by atomic mass is 10.0. The van der Waals surface area contributed by atoms with Crippen LogP contribution in [0.25, 0.3) is 0 Å². The molecule has 136 valence electrons. The van der Waals surface area contributed by atoms with E-state index in [9.17, 15) is 5.11 Å². The summed E-state index contributed by atoms with van der Waals surface area (Å²) < 4.78 is 0. The minimum atomic E-state index is -0.610. The topological polar surface area (TPSA) is 53.8 Å². The highest BCUT2D eigenvalue weighted by atomic mass is 35.5. The van der Waals surface area contributed by atoms with Crippen molar-refractivity contribution in [3.63, 3.8) is 0 Å². The molecule has 2 rings (SSSR count). The third-order valence-corrected chi connectivity index (χ3v) is 3.39. The van der Waals surface area contributed by atoms with Crippen molar-refractivity contribution in [1.82, 2.24) is 5.32 Å². The molecule has 25 heavy (non-hydrogen) atoms. The Hall–Kier alpha value is -1.88. The van der Waals surface area contributed by atoms with Crippen molar-refractivity contribution in [2.45, 2.75) is 32.4 Å². The summed E-state index contributed by atoms with van der Waals surface area (Å²) in [6, 6.07) is 19.8. The molecule has 1 atom stereocenters. The van der Waals surface area contributed by atoms with Gasteiger partial charge in [0.2, 0.25) is 0 Å². The normalized spacial score (nSPS) is 12.0. The third kappa shape index (κ3) is 7.69. The number of oxime groups is 1. The minimum absolute atomic E-state index is 0. The molecule has 0 spiro atoms. The summed E-state index contributed by atoms with van der Waals surface area (Å²) in [5, 5.41) is 17.5. The Balaban J connectivity index is 0.00000312. The van der Waals surface area contributed by atoms with E-state index in [0.717, 1.165) is 16.8 Å². The molecule has 1 unspecified atom stereocenters. The second kappa shape index (κ2) is 10.2. The lowest BCUT2D eigenvalue weighted by Crippen LogP contribution is -2.42. The van der Waals surface area contributed by atoms with Crippen molar-refractivity contribution < 1.29 is 9.94 Å². The Kier molecular flexibility index (Phi) is 8.62. The molecular formula is C20H27ClN2O2. The summed E-state index contributed by atoms with van der Waals surface area (Å²) in [5.41, 5.74) is 2.67. The first kappa shape index (κ1) is 21.2. The summed E-state index contributed by atoms with van der Waals surface area (Å²) in [6.45, 7) is 6.78. The molecule has 0 heterocycles. The zero-order valence-corrected chi connectivity index (χ0v) is 15.8. The van der Waals surface area contributed by atoms with Gasteiger partial charge < -0.3 is 15.3 Å². The molecule has 0 aliphatic heterocycles. The highest BCUT2D eigenvalue weighted by molar-refractivity contribution is 6.12. The summed E-state index contributed by atoms with van der Waals surface area (Å²) in [5.74, 6) is 0. The Morgan fingerprint density at radius 2 is 1.48 bits per heavy atom. The molecule has 2 aromatic rings. The van der Waals surface area contributed by atoms with Crippen LogP contribution in [0.4, 0.5) is 0 Å². The maximum absolute atomic E-state index is 10.0. The van der Waals surface area contributed by atoms with Crippen LogP contribution in [0, 0.1) is 0 Å². The van der Waals surface area contributed by atoms with Crippen LogP contribution in [-0.2, 0) is 4.84 Å². The van der Waals surface area contributed by atoms with Crippen molar-refractivity contribution in [2.75, 3.05) is 13.2 Å². The summed E-state index contributed by atoms with van der Waals surface area (Å²) in [7, 11) is 0. The Morgan fingerprint density at radius 1 is 1.00 bits per heavy atom. The third-order valence-electron chi connectivity index (χ3n) is 3.39. The summed E-state index contributed by atoms with van der Waals surface area (Å²) in [4.78, 5) is 5.43. The molecule has 0 fully saturated rings. The van der Waals surface area contributed by atoms with Gasteiger partial charge in [-0.2, -0.15) is 0 Å². The van der Waals surface area contributed by atoms with E-state index < -0.39 is 6.10 Å². The molecule has 0 saturated carbocycles. The van der Waals surface area contributed by atoms with Crippen LogP contribution in [-0.4, -0.2) is 35.6 Å². The number of aliphatic hydroxyl groups is 1. The van der Waals surface area contributed by atoms with E-state index >= 15 is 0 Å². The van der Waals surface area contributed by atoms with Gasteiger partial charge in [-0.15, -0.1) is 12.4 Å². The van der Waals surface area contributed by atoms with Crippen LogP contribution >= 0.6 is 12.4 Å². The van der Waals surface area contributed by atoms with Crippen molar-refractivity contribution in [2.24, 2.45) is 5.16 Å². The number of nitrogens with one attached hydrogen (secondary N) is 1. The number of benzene rings is 2. The highest BCUT2D eigenvalue weighted by Gasteiger charge is 2.13. The van der Waals surface area contributed by atoms with Crippen LogP contribution < -0.4 is 5.32 Å². The largest absolute Gasteiger partial charge is 0.392 e. The van der Waals surface area contributed by atoms with Gasteiger partial charge >= 0.3 is 0 Å². The number of β-amino-alcohol motifs (C(OH)–C–C–N with tert-alkyl or cyclic N) is 1. The van der Waals surface area contributed by atoms with Gasteiger partial charge in [0.05, 0.1) is 0 Å². The maximum Gasteiger partial charge on any atom is 0.144 e. The molecule has 0 radical (unpaired) electrons. The van der Waals surface area contributed by atoms with E-state index in [4.69, 9.17) is 4.84 Å². The highest BCUT2D eigenvalue weighted by Crippen LogP contribution is 2.11. The fourth-order valence-electron chi connectivity index (χ4n) is 2.13. The first-order valence-electron chi connectivity index (χ1n) is 8.19. The quantitative estimate of drug-likeness (QED) is 0.584. The lowest BCUT2D eigenvalue weighted by Gasteiger charge is -2.22. The number of hydrogen-bond donors (Lipinski definition) is 2. The molecule has 5 heteroatoms. The van der Waals surface area contributed by atoms with E-state index in [-0.39, 0.29) is 24.6 Å². The van der Waals surface area contributed by atoms with E-state index in [1.165, 1.54) is 0 Å². The van der Waals surface area contributed by atoms with Gasteiger partial charge in [-0.05, 0) is 20.8 Å². The fraction of sp³-hybridized carbons (Fsp3) is 0.350. The van der Waals surface area contributed by atoms with Gasteiger partial charge in [0.1, 0.15) is 18.4 Å². The SMILES string of the molecule is CC(C)(C)NCC(O)CON=C(c1ccccc1)c1ccccc1.Cl. The van der Waals surface area contributed by atoms with E-state index in [2.05, 4.69) is 31.2 Å². The number of halogens is 1. The summed E-state index contributed by atoms with van der Waals surface area (Å²) in [6.07, 6.45) is -0.610. The predicted molar refractivity (Wildman–Crippen MR) is 105 cm³/mol. The average molecular weight is 363 g/mol. The molecule has 0 aliphatic rings. The van der Waals surface area contributed by atoms with Gasteiger partial charge in [0.15, 0.2) is 0 Å². The first-order valence-corrected chi connectivity index (χ1v) is 8.19. The van der Waals surface area contributed by atoms with Crippen molar-refractivity contribution in [1.29, 1.82) is 0 Å². The standard InChI is InChI=1S/C20H26N2O2.ClH/c1-20(2,3)21-14-18(23)15-24-22-19(16-10-6-4-7-11-16)17-12-8-5-9-13-17;/h4-13,18,21,23H,14-15H2,1-3H3;1H. The van der Waals surface area contributed by atoms with E-state index in [0.29, 0.717) is 6.54 Å². The first-order chi connectivity index (χ1) is 11.5. The average Bonchev–Trinajstić information content (AvgIpc) is 2.58. The van der Waals surface area contributed by atoms with Crippen LogP contribution in [0.1, 0.15) is 31.9 Å². The Labute approximate surface area is 156 Å². The van der Waals surface area contributed by atoms with Crippen LogP contribution in [0.5, 0.6) is 0 Å². The number of nitrogens with zero attached hydrogens (tertiary/aromatic N) is 1. The molecule has 0 aromatic heterocycles. The monoisotopic (exact) mass is 362 g/mol. The van der Waals surface area contributed by atoms with Gasteiger partial charge in [0, 0.05) is 23.2 Å². The molecule has 0 saturated heterocycles. The van der Waals surface area contributed by atoms with Gasteiger partial charge in [-0.3, -0.25) is 0 Å². The smallest absolute Gasteiger partial charge is 0.144 e. The fourth-order valence-corrected chi connectivity index (χ4v) is 2.13. The van der Waals surface area contributed by atoms with Gasteiger partial charge in [0.25, 0.3) is 0 Å². The number of aliphatic hydroxyl groups excluding tert-OH is 1. The molecule has 0 bridgehead atoms. The maximum atomic E-state index is 10.0. The van der Waals surface area contributed by atoms with Crippen LogP contribution in [0.2, 0.25) is 0 Å². The zero-order chi connectivity index (χ0) is 17.4. The second-order valence-corrected chi connectivity index (χ2v) is 6.75. The van der Waals surface area contributed by atoms with Crippen molar-refractivity contribution >= 4 is 18.1 Å². The van der Waals surface area contributed by atoms with Crippen LogP contribution in [0.3, 0.4) is 0 Å². The number of rotatable bonds is 7. The second-order valence-electron chi connectivity index (χ2n) is 6.75. The number of hydrogen-bond acceptors (Lipinski definition) is 4. The molecule has 2 N–H and O–H groups in total. The van der Waals surface area contributed by atoms with Crippen molar-refractivity contribution in [3.05, 3.63) is 71.8 Å². The van der Waals surface area contributed by atoms with Crippen LogP contribution in [0.15, 0.2) is 65.8 Å². The van der Waals surface area contributed by atoms with Crippen molar-refractivity contribution in [3.8, 4) is 0 Å². The molecule has 2 aromatic carbocycles. The molecule has 0 amide bonds. The van der Waals surface area contributed by atoms with E-state index in [1.807, 2.05) is 60.7 Å². The predicted octanol–water partition coefficient (Wildman–Crippen LogP) is 3.63.